The van der Waals surface area contributed by atoms with Crippen molar-refractivity contribution in [3.63, 3.8) is 0 Å². The molecule has 6 N–H and O–H groups in total. The van der Waals surface area contributed by atoms with E-state index in [-0.39, 0.29) is 35.4 Å². The number of fused-ring (bicyclic) bond motifs is 1. The predicted octanol–water partition coefficient (Wildman–Crippen LogP) is 5.61. The maximum atomic E-state index is 12.1. The number of nitrogens with one attached hydrogen (secondary N) is 3. The number of carbonyl (C=O) groups excluding carboxylic acids is 1. The van der Waals surface area contributed by atoms with Crippen molar-refractivity contribution in [2.24, 2.45) is 0 Å². The largest absolute Gasteiger partial charge is 0.395 e. The van der Waals surface area contributed by atoms with Crippen molar-refractivity contribution in [1.29, 1.82) is 0 Å². The highest BCUT2D eigenvalue weighted by Gasteiger charge is 2.19. The van der Waals surface area contributed by atoms with Crippen molar-refractivity contribution in [2.45, 2.75) is 0 Å². The van der Waals surface area contributed by atoms with Gasteiger partial charge in [-0.3, -0.25) is 39.7 Å². The van der Waals surface area contributed by atoms with E-state index in [0.29, 0.717) is 24.8 Å². The fourth-order valence-electron chi connectivity index (χ4n) is 8.36. The minimum Gasteiger partial charge on any atom is -0.395 e. The smallest absolute Gasteiger partial charge is 0.269 e. The zero-order valence-electron chi connectivity index (χ0n) is 41.3. The Morgan fingerprint density at radius 1 is 0.662 bits per heavy atom. The van der Waals surface area contributed by atoms with Crippen LogP contribution in [-0.2, 0) is 4.79 Å². The molecule has 3 fully saturated rings. The number of para-hydroxylation sites is 1. The first kappa shape index (κ1) is 55.8. The molecule has 0 aliphatic carbocycles. The lowest BCUT2D eigenvalue weighted by atomic mass is 10.0. The second-order valence-corrected chi connectivity index (χ2v) is 17.3. The third kappa shape index (κ3) is 17.3. The van der Waals surface area contributed by atoms with Crippen molar-refractivity contribution in [1.82, 2.24) is 30.0 Å². The Morgan fingerprint density at radius 3 is 1.68 bits per heavy atom. The van der Waals surface area contributed by atoms with Gasteiger partial charge in [-0.15, -0.1) is 0 Å². The van der Waals surface area contributed by atoms with E-state index in [9.17, 15) is 29.4 Å². The van der Waals surface area contributed by atoms with Crippen LogP contribution in [0.5, 0.6) is 0 Å². The van der Waals surface area contributed by atoms with Crippen molar-refractivity contribution in [3.8, 4) is 11.1 Å². The number of hydrogen-bond donors (Lipinski definition) is 6. The summed E-state index contributed by atoms with van der Waals surface area (Å²) in [6, 6.07) is 33.0. The van der Waals surface area contributed by atoms with Gasteiger partial charge in [-0.2, -0.15) is 0 Å². The van der Waals surface area contributed by atoms with Gasteiger partial charge in [0.1, 0.15) is 5.82 Å². The Labute approximate surface area is 429 Å². The summed E-state index contributed by atoms with van der Waals surface area (Å²) < 4.78 is 12.1. The van der Waals surface area contributed by atoms with Crippen LogP contribution in [0, 0.1) is 26.0 Å². The molecule has 3 aliphatic rings. The minimum atomic E-state index is -0.570. The summed E-state index contributed by atoms with van der Waals surface area (Å²) in [7, 11) is 0. The fourth-order valence-corrected chi connectivity index (χ4v) is 8.36. The molecule has 0 atom stereocenters. The number of hydrogen-bond acceptors (Lipinski definition) is 17. The van der Waals surface area contributed by atoms with Gasteiger partial charge in [-0.1, -0.05) is 36.9 Å². The van der Waals surface area contributed by atoms with Crippen LogP contribution in [0.1, 0.15) is 0 Å². The van der Waals surface area contributed by atoms with Gasteiger partial charge in [0, 0.05) is 162 Å². The van der Waals surface area contributed by atoms with E-state index in [1.165, 1.54) is 23.9 Å². The molecule has 0 unspecified atom stereocenters. The molecule has 1 amide bonds. The van der Waals surface area contributed by atoms with E-state index in [1.807, 2.05) is 60.8 Å². The van der Waals surface area contributed by atoms with Gasteiger partial charge in [-0.25, -0.2) is 14.4 Å². The molecule has 9 rings (SSSR count). The molecular formula is C53H65FN12O8. The van der Waals surface area contributed by atoms with Gasteiger partial charge in [0.2, 0.25) is 11.9 Å². The first-order valence-electron chi connectivity index (χ1n) is 24.5. The molecule has 6 aromatic rings. The molecule has 392 valence electrons. The number of aromatic nitrogens is 2. The average molecular weight is 1020 g/mol. The van der Waals surface area contributed by atoms with Gasteiger partial charge < -0.3 is 41.1 Å². The first-order valence-corrected chi connectivity index (χ1v) is 24.5. The molecule has 1 aromatic heterocycles. The number of benzene rings is 5. The van der Waals surface area contributed by atoms with Crippen LogP contribution < -0.4 is 25.8 Å². The van der Waals surface area contributed by atoms with Crippen molar-refractivity contribution in [3.05, 3.63) is 160 Å². The van der Waals surface area contributed by atoms with Gasteiger partial charge >= 0.3 is 0 Å². The van der Waals surface area contributed by atoms with Gasteiger partial charge in [0.05, 0.1) is 35.2 Å². The molecule has 0 bridgehead atoms. The Bertz CT molecular complexity index is 2700. The summed E-state index contributed by atoms with van der Waals surface area (Å²) in [5.41, 5.74) is 6.55. The summed E-state index contributed by atoms with van der Waals surface area (Å²) in [6.07, 6.45) is 3.07. The highest BCUT2D eigenvalue weighted by Crippen LogP contribution is 2.30. The summed E-state index contributed by atoms with van der Waals surface area (Å²) in [5, 5.41) is 57.4. The molecule has 3 saturated heterocycles. The number of aliphatic hydroxyl groups excluding tert-OH is 3. The summed E-state index contributed by atoms with van der Waals surface area (Å²) in [5.74, 6) is -0.203. The quantitative estimate of drug-likeness (QED) is 0.0416. The highest BCUT2D eigenvalue weighted by atomic mass is 19.1. The van der Waals surface area contributed by atoms with E-state index < -0.39 is 10.7 Å². The van der Waals surface area contributed by atoms with Gasteiger partial charge in [0.15, 0.2) is 0 Å². The molecule has 0 saturated carbocycles. The Balaban J connectivity index is 0.000000197. The van der Waals surface area contributed by atoms with Crippen LogP contribution >= 0.6 is 0 Å². The summed E-state index contributed by atoms with van der Waals surface area (Å²) >= 11 is 0. The van der Waals surface area contributed by atoms with Crippen molar-refractivity contribution >= 4 is 56.9 Å². The van der Waals surface area contributed by atoms with Crippen LogP contribution in [0.25, 0.3) is 22.0 Å². The fraction of sp³-hybridized carbons (Fsp3) is 0.340. The topological polar surface area (TPSA) is 242 Å². The highest BCUT2D eigenvalue weighted by molar-refractivity contribution is 6.00. The van der Waals surface area contributed by atoms with E-state index in [4.69, 9.17) is 20.3 Å². The molecule has 74 heavy (non-hydrogen) atoms. The number of non-ortho nitro benzene ring substituents is 2. The van der Waals surface area contributed by atoms with E-state index in [1.54, 1.807) is 12.1 Å². The third-order valence-corrected chi connectivity index (χ3v) is 12.4. The second-order valence-electron chi connectivity index (χ2n) is 17.3. The average Bonchev–Trinajstić information content (AvgIpc) is 3.43. The first-order chi connectivity index (χ1) is 36.0. The van der Waals surface area contributed by atoms with Gasteiger partial charge in [-0.05, 0) is 72.3 Å². The summed E-state index contributed by atoms with van der Waals surface area (Å²) in [4.78, 5) is 52.0. The Morgan fingerprint density at radius 2 is 1.16 bits per heavy atom. The molecule has 20 nitrogen and oxygen atoms in total. The number of β-amino-alcohol motifs (C(OH)–C–C–N with tert-alkyl or cyclic N) is 3. The zero-order chi connectivity index (χ0) is 52.7. The summed E-state index contributed by atoms with van der Waals surface area (Å²) in [6.45, 7) is 18.2. The van der Waals surface area contributed by atoms with Crippen molar-refractivity contribution in [2.75, 3.05) is 138 Å². The van der Waals surface area contributed by atoms with Crippen molar-refractivity contribution < 1.29 is 34.4 Å². The monoisotopic (exact) mass is 1020 g/mol. The van der Waals surface area contributed by atoms with Crippen LogP contribution in [0.15, 0.2) is 134 Å². The standard InChI is InChI=1S/C29H30N6O2.C12H17N3O3.C6H4FNO2.C6H14N2O/c1-2-27(37)31-24-7-3-5-21(19-24)26-8-4-6-22-20-30-29(33-28(22)26)32-23-9-11-25(12-10-23)35-15-13-34(14-16-35)17-18-36;16-10-9-13-5-7-14(8-6-13)11-1-3-12(4-2-11)15(17)18;7-5-1-3-6(4-2-5)8(9)10;9-6-5-8-3-1-7-2-4-8/h2-12,19-20,36H,1,13-18H2,(H,31,37)(H,30,32,33);1-4,16H,5-10H2;1-4H;7,9H,1-6H2. The lowest BCUT2D eigenvalue weighted by Gasteiger charge is -2.35. The lowest BCUT2D eigenvalue weighted by Crippen LogP contribution is -2.47. The predicted molar refractivity (Wildman–Crippen MR) is 288 cm³/mol. The molecule has 21 heteroatoms. The third-order valence-electron chi connectivity index (χ3n) is 12.4. The number of carbonyl (C=O) groups is 1. The number of nitrogens with zero attached hydrogens (tertiary/aromatic N) is 9. The van der Waals surface area contributed by atoms with E-state index >= 15 is 0 Å². The van der Waals surface area contributed by atoms with Gasteiger partial charge in [0.25, 0.3) is 11.4 Å². The normalized spacial score (nSPS) is 15.0. The number of nitro groups is 2. The zero-order valence-corrected chi connectivity index (χ0v) is 41.3. The minimum absolute atomic E-state index is 0.0959. The number of aliphatic hydroxyl groups is 3. The molecule has 0 spiro atoms. The SMILES string of the molecule is C=CC(=O)Nc1cccc(-c2cccc3cnc(Nc4ccc(N5CCN(CCO)CC5)cc4)nc23)c1.O=[N+]([O-])c1ccc(F)cc1.O=[N+]([O-])c1ccc(N2CCN(CCO)CC2)cc1.OCCN1CCNCC1. The Hall–Kier alpha value is -7.50. The van der Waals surface area contributed by atoms with E-state index in [2.05, 4.69) is 64.1 Å². The number of amides is 1. The number of anilines is 5. The molecule has 0 radical (unpaired) electrons. The molecular weight excluding hydrogens is 952 g/mol. The van der Waals surface area contributed by atoms with E-state index in [0.717, 1.165) is 149 Å². The van der Waals surface area contributed by atoms with Crippen LogP contribution in [0.3, 0.4) is 0 Å². The maximum absolute atomic E-state index is 12.1. The number of rotatable bonds is 15. The number of nitro benzene ring substituents is 2. The number of piperazine rings is 3. The van der Waals surface area contributed by atoms with Crippen LogP contribution in [0.4, 0.5) is 44.5 Å². The van der Waals surface area contributed by atoms with Crippen LogP contribution in [-0.4, -0.2) is 174 Å². The maximum Gasteiger partial charge on any atom is 0.269 e. The Kier molecular flexibility index (Phi) is 22.1. The number of halogens is 1. The molecule has 5 aromatic carbocycles. The molecule has 4 heterocycles. The lowest BCUT2D eigenvalue weighted by molar-refractivity contribution is -0.385. The second kappa shape index (κ2) is 29.3. The van der Waals surface area contributed by atoms with Crippen LogP contribution in [0.2, 0.25) is 0 Å². The molecule has 3 aliphatic heterocycles.